The number of aromatic nitrogens is 4. The molecule has 0 aliphatic carbocycles. The van der Waals surface area contributed by atoms with Crippen LogP contribution in [-0.4, -0.2) is 141 Å². The number of benzene rings is 4. The number of piperidine rings is 2. The normalized spacial score (nSPS) is 15.6. The third-order valence-electron chi connectivity index (χ3n) is 14.1. The van der Waals surface area contributed by atoms with E-state index in [2.05, 4.69) is 139 Å². The van der Waals surface area contributed by atoms with Gasteiger partial charge in [0.1, 0.15) is 5.78 Å². The molecule has 0 spiro atoms. The molecule has 17 nitrogen and oxygen atoms in total. The fourth-order valence-corrected chi connectivity index (χ4v) is 10.7. The van der Waals surface area contributed by atoms with Crippen molar-refractivity contribution in [3.05, 3.63) is 144 Å². The summed E-state index contributed by atoms with van der Waals surface area (Å²) in [5.41, 5.74) is 8.97. The van der Waals surface area contributed by atoms with Crippen molar-refractivity contribution in [2.45, 2.75) is 52.5 Å². The first-order chi connectivity index (χ1) is 38.8. The fraction of sp³-hybridized carbons (Fsp3) is 0.333. The molecule has 0 atom stereocenters. The van der Waals surface area contributed by atoms with E-state index in [1.165, 1.54) is 30.8 Å². The van der Waals surface area contributed by atoms with Crippen molar-refractivity contribution in [1.29, 1.82) is 0 Å². The average Bonchev–Trinajstić information content (AvgIpc) is 3.53. The molecular formula is C60H65BCl2N10NaO7. The molecular weight excluding hydrogens is 1080 g/mol. The Morgan fingerprint density at radius 3 is 1.28 bits per heavy atom. The summed E-state index contributed by atoms with van der Waals surface area (Å²) in [6.07, 6.45) is 11.1. The van der Waals surface area contributed by atoms with Crippen molar-refractivity contribution in [3.8, 4) is 0 Å². The molecule has 3 radical (unpaired) electrons. The summed E-state index contributed by atoms with van der Waals surface area (Å²) in [6.45, 7) is 15.6. The van der Waals surface area contributed by atoms with Gasteiger partial charge in [-0.2, -0.15) is 0 Å². The molecule has 415 valence electrons. The Labute approximate surface area is 505 Å². The van der Waals surface area contributed by atoms with Gasteiger partial charge in [-0.25, -0.2) is 19.4 Å². The van der Waals surface area contributed by atoms with Crippen molar-refractivity contribution in [3.63, 3.8) is 0 Å². The van der Waals surface area contributed by atoms with E-state index < -0.39 is 17.9 Å². The van der Waals surface area contributed by atoms with E-state index in [0.717, 1.165) is 158 Å². The van der Waals surface area contributed by atoms with Crippen molar-refractivity contribution < 1.29 is 63.2 Å². The third kappa shape index (κ3) is 17.4. The number of hydrogen-bond donors (Lipinski definition) is 1. The maximum Gasteiger partial charge on any atom is 1.00 e. The zero-order valence-corrected chi connectivity index (χ0v) is 49.8. The van der Waals surface area contributed by atoms with Crippen molar-refractivity contribution in [1.82, 2.24) is 30.2 Å². The van der Waals surface area contributed by atoms with E-state index in [9.17, 15) is 19.2 Å². The van der Waals surface area contributed by atoms with Gasteiger partial charge >= 0.3 is 41.5 Å². The van der Waals surface area contributed by atoms with E-state index in [4.69, 9.17) is 23.2 Å². The zero-order chi connectivity index (χ0) is 56.4. The second kappa shape index (κ2) is 31.0. The summed E-state index contributed by atoms with van der Waals surface area (Å²) in [5, 5.41) is 9.50. The fourth-order valence-electron chi connectivity index (χ4n) is 10.3. The van der Waals surface area contributed by atoms with Crippen LogP contribution in [0.5, 0.6) is 0 Å². The Kier molecular flexibility index (Phi) is 23.7. The smallest absolute Gasteiger partial charge is 0.793 e. The number of nitrogens with zero attached hydrogens (tertiary/aromatic N) is 9. The van der Waals surface area contributed by atoms with Crippen LogP contribution in [0.1, 0.15) is 46.5 Å². The van der Waals surface area contributed by atoms with E-state index in [1.54, 1.807) is 0 Å². The molecule has 1 N–H and O–H groups in total. The number of fused-ring (bicyclic) bond motifs is 4. The van der Waals surface area contributed by atoms with Crippen LogP contribution >= 0.6 is 23.2 Å². The first-order valence-corrected chi connectivity index (χ1v) is 27.6. The second-order valence-electron chi connectivity index (χ2n) is 19.5. The number of ketones is 1. The van der Waals surface area contributed by atoms with E-state index in [-0.39, 0.29) is 29.6 Å². The molecule has 4 aromatic carbocycles. The number of carbonyl (C=O) groups excluding carboxylic acids is 4. The molecule has 81 heavy (non-hydrogen) atoms. The van der Waals surface area contributed by atoms with Crippen LogP contribution in [-0.2, 0) is 33.6 Å². The van der Waals surface area contributed by atoms with Gasteiger partial charge in [0.2, 0.25) is 5.97 Å². The summed E-state index contributed by atoms with van der Waals surface area (Å²) in [4.78, 5) is 78.5. The Morgan fingerprint density at radius 2 is 0.864 bits per heavy atom. The van der Waals surface area contributed by atoms with Gasteiger partial charge in [0, 0.05) is 175 Å². The number of piperazine rings is 2. The number of para-hydroxylation sites is 2. The van der Waals surface area contributed by atoms with E-state index in [1.807, 2.05) is 67.3 Å². The van der Waals surface area contributed by atoms with Gasteiger partial charge in [-0.3, -0.25) is 34.4 Å². The number of pyridine rings is 4. The molecule has 4 aliphatic rings. The molecule has 8 heterocycles. The number of anilines is 4. The summed E-state index contributed by atoms with van der Waals surface area (Å²) in [6, 6.07) is 37.7. The maximum absolute atomic E-state index is 11.3. The van der Waals surface area contributed by atoms with Gasteiger partial charge < -0.3 is 37.6 Å². The van der Waals surface area contributed by atoms with Crippen LogP contribution in [0.4, 0.5) is 22.7 Å². The van der Waals surface area contributed by atoms with Gasteiger partial charge in [-0.1, -0.05) is 71.7 Å². The Morgan fingerprint density at radius 1 is 0.494 bits per heavy atom. The minimum Gasteiger partial charge on any atom is -0.793 e. The molecule has 0 amide bonds. The number of rotatable bonds is 5. The largest absolute Gasteiger partial charge is 1.00 e. The van der Waals surface area contributed by atoms with E-state index >= 15 is 0 Å². The molecule has 12 rings (SSSR count). The van der Waals surface area contributed by atoms with Gasteiger partial charge in [0.05, 0.1) is 44.8 Å². The standard InChI is InChI=1S/C27H28ClN5.C14H14N2O.C13H14ClN3.C4H6O4.C2H3BO2.Na/c28-22-18-21-6-3-11-30-27(21)25(19-22)33-16-14-31(15-17-33)23-8-12-32(13-9-23)24-7-1-4-20-5-2-10-29-26(20)24;17-12-6-9-16(10-7-12)13-5-1-3-11-4-2-8-15-14(11)13;14-11-8-10-2-1-3-16-13(10)12(9-11)17-6-4-15-5-7-17;1-3(5)7-8-4(2)6;1-2(4)5-3;/h1-7,10-11,18-19,23H,8-9,12-17H2;1-5,8H,6-7,9-10H2;1-3,8-9,15H,4-7H2;1-2H3;1H3;/q;;;;-1;+1. The third-order valence-corrected chi connectivity index (χ3v) is 14.5. The summed E-state index contributed by atoms with van der Waals surface area (Å²) < 4.78 is 3.61. The summed E-state index contributed by atoms with van der Waals surface area (Å²) in [5.74, 6) is -1.38. The molecule has 4 saturated heterocycles. The average molecular weight is 1140 g/mol. The van der Waals surface area contributed by atoms with Crippen LogP contribution in [0.15, 0.2) is 134 Å². The molecule has 4 aromatic heterocycles. The number of Topliss-reactive ketones (excluding diaryl/α,β-unsaturated/α-hetero) is 1. The molecule has 0 bridgehead atoms. The maximum atomic E-state index is 11.3. The number of hydrogen-bond acceptors (Lipinski definition) is 17. The molecule has 4 aliphatic heterocycles. The summed E-state index contributed by atoms with van der Waals surface area (Å²) in [7, 11) is 4.32. The minimum absolute atomic E-state index is 0. The minimum atomic E-state index is -0.639. The van der Waals surface area contributed by atoms with Gasteiger partial charge in [-0.05, 0) is 73.5 Å². The first-order valence-electron chi connectivity index (χ1n) is 26.8. The van der Waals surface area contributed by atoms with E-state index in [0.29, 0.717) is 24.7 Å². The van der Waals surface area contributed by atoms with Crippen LogP contribution in [0.2, 0.25) is 10.0 Å². The number of carbonyl (C=O) groups is 4. The monoisotopic (exact) mass is 1140 g/mol. The Balaban J connectivity index is 0.000000167. The topological polar surface area (TPSA) is 176 Å². The predicted molar refractivity (Wildman–Crippen MR) is 319 cm³/mol. The number of nitrogens with one attached hydrogen (secondary N) is 1. The Hall–Kier alpha value is -6.64. The van der Waals surface area contributed by atoms with Crippen LogP contribution in [0.3, 0.4) is 0 Å². The SMILES string of the molecule is CC(=O)OOC(C)=O.Clc1cc(N2CCN(C3CCN(c4cccc5cccnc45)CC3)CC2)c2ncccc2c1.Clc1cc(N2CCNCC2)c2ncccc2c1.O=C1CCN(c2cccc3cccnc23)CC1.[B-]OC(C)=O.[Na+]. The summed E-state index contributed by atoms with van der Waals surface area (Å²) >= 11 is 12.6. The quantitative estimate of drug-likeness (QED) is 0.111. The molecule has 21 heteroatoms. The molecule has 8 aromatic rings. The van der Waals surface area contributed by atoms with Gasteiger partial charge in [-0.15, -0.1) is 0 Å². The molecule has 0 saturated carbocycles. The predicted octanol–water partition coefficient (Wildman–Crippen LogP) is 6.59. The van der Waals surface area contributed by atoms with Gasteiger partial charge in [0.15, 0.2) is 0 Å². The number of halogens is 2. The van der Waals surface area contributed by atoms with Gasteiger partial charge in [0.25, 0.3) is 0 Å². The van der Waals surface area contributed by atoms with Crippen LogP contribution < -0.4 is 54.5 Å². The van der Waals surface area contributed by atoms with Crippen molar-refractivity contribution >= 4 is 121 Å². The second-order valence-corrected chi connectivity index (χ2v) is 20.3. The van der Waals surface area contributed by atoms with Crippen molar-refractivity contribution in [2.24, 2.45) is 0 Å². The molecule has 4 fully saturated rings. The van der Waals surface area contributed by atoms with Crippen LogP contribution in [0.25, 0.3) is 43.6 Å². The molecule has 0 unspecified atom stereocenters. The first kappa shape index (κ1) is 62.0. The Bertz CT molecular complexity index is 3370. The van der Waals surface area contributed by atoms with Crippen LogP contribution in [0, 0.1) is 0 Å². The zero-order valence-electron chi connectivity index (χ0n) is 46.3. The van der Waals surface area contributed by atoms with Crippen molar-refractivity contribution in [2.75, 3.05) is 98.1 Å².